The normalized spacial score (nSPS) is 15.0. The summed E-state index contributed by atoms with van der Waals surface area (Å²) in [4.78, 5) is 36.9. The van der Waals surface area contributed by atoms with Gasteiger partial charge in [0.1, 0.15) is 17.5 Å². The minimum Gasteiger partial charge on any atom is -0.457 e. The maximum Gasteiger partial charge on any atom is 0.247 e. The van der Waals surface area contributed by atoms with Crippen LogP contribution in [0.3, 0.4) is 0 Å². The number of nitrogens with zero attached hydrogens (tertiary/aromatic N) is 1. The minimum atomic E-state index is -0.835. The first-order valence-electron chi connectivity index (χ1n) is 8.85. The van der Waals surface area contributed by atoms with Crippen molar-refractivity contribution in [3.63, 3.8) is 0 Å². The summed E-state index contributed by atoms with van der Waals surface area (Å²) in [6, 6.07) is 12.1. The summed E-state index contributed by atoms with van der Waals surface area (Å²) in [6.07, 6.45) is 0.335. The summed E-state index contributed by atoms with van der Waals surface area (Å²) in [7, 11) is 0. The van der Waals surface area contributed by atoms with Crippen molar-refractivity contribution in [2.24, 2.45) is 0 Å². The van der Waals surface area contributed by atoms with E-state index in [9.17, 15) is 14.4 Å². The molecule has 0 aliphatic carbocycles. The Labute approximate surface area is 158 Å². The standard InChI is InChI=1S/C21H22N2O4/c1-13-10-14(2)12-18(11-13)27-17-6-4-16(5-7-17)22-21(26)15(3)23-19(24)8-9-20(23)25/h4-7,10-12,15H,8-9H2,1-3H3,(H,22,26)/t15-/m0/s1. The molecule has 1 N–H and O–H groups in total. The first-order chi connectivity index (χ1) is 12.8. The van der Waals surface area contributed by atoms with Gasteiger partial charge in [-0.2, -0.15) is 0 Å². The predicted molar refractivity (Wildman–Crippen MR) is 102 cm³/mol. The molecule has 1 aliphatic rings. The Hall–Kier alpha value is -3.15. The number of hydrogen-bond donors (Lipinski definition) is 1. The van der Waals surface area contributed by atoms with Gasteiger partial charge >= 0.3 is 0 Å². The average Bonchev–Trinajstić information content (AvgIpc) is 2.93. The van der Waals surface area contributed by atoms with Crippen molar-refractivity contribution in [1.29, 1.82) is 0 Å². The molecule has 2 aromatic rings. The minimum absolute atomic E-state index is 0.168. The molecule has 3 amide bonds. The van der Waals surface area contributed by atoms with Crippen molar-refractivity contribution in [2.75, 3.05) is 5.32 Å². The first kappa shape index (κ1) is 18.6. The van der Waals surface area contributed by atoms with E-state index in [0.717, 1.165) is 21.8 Å². The number of carbonyl (C=O) groups is 3. The van der Waals surface area contributed by atoms with Gasteiger partial charge in [0.05, 0.1) is 0 Å². The third-order valence-electron chi connectivity index (χ3n) is 4.41. The third-order valence-corrected chi connectivity index (χ3v) is 4.41. The summed E-state index contributed by atoms with van der Waals surface area (Å²) < 4.78 is 5.85. The summed E-state index contributed by atoms with van der Waals surface area (Å²) >= 11 is 0. The van der Waals surface area contributed by atoms with E-state index in [4.69, 9.17) is 4.74 Å². The van der Waals surface area contributed by atoms with Crippen molar-refractivity contribution in [3.05, 3.63) is 53.6 Å². The number of aryl methyl sites for hydroxylation is 2. The molecular formula is C21H22N2O4. The molecule has 0 spiro atoms. The lowest BCUT2D eigenvalue weighted by molar-refractivity contribution is -0.144. The van der Waals surface area contributed by atoms with Gasteiger partial charge in [-0.05, 0) is 68.3 Å². The Morgan fingerprint density at radius 2 is 1.52 bits per heavy atom. The molecule has 1 heterocycles. The number of ether oxygens (including phenoxy) is 1. The zero-order valence-corrected chi connectivity index (χ0v) is 15.6. The van der Waals surface area contributed by atoms with Gasteiger partial charge in [-0.1, -0.05) is 6.07 Å². The number of rotatable bonds is 5. The van der Waals surface area contributed by atoms with Gasteiger partial charge in [-0.15, -0.1) is 0 Å². The first-order valence-corrected chi connectivity index (χ1v) is 8.85. The molecule has 140 valence electrons. The van der Waals surface area contributed by atoms with Crippen molar-refractivity contribution in [3.8, 4) is 11.5 Å². The maximum atomic E-state index is 12.4. The van der Waals surface area contributed by atoms with Crippen LogP contribution < -0.4 is 10.1 Å². The smallest absolute Gasteiger partial charge is 0.247 e. The maximum absolute atomic E-state index is 12.4. The van der Waals surface area contributed by atoms with Crippen LogP contribution in [0, 0.1) is 13.8 Å². The number of amides is 3. The van der Waals surface area contributed by atoms with Crippen LogP contribution in [0.1, 0.15) is 30.9 Å². The summed E-state index contributed by atoms with van der Waals surface area (Å²) in [5.74, 6) is 0.390. The van der Waals surface area contributed by atoms with E-state index in [1.807, 2.05) is 26.0 Å². The van der Waals surface area contributed by atoms with Gasteiger partial charge < -0.3 is 10.1 Å². The van der Waals surface area contributed by atoms with E-state index in [1.54, 1.807) is 31.2 Å². The van der Waals surface area contributed by atoms with Crippen LogP contribution in [-0.2, 0) is 14.4 Å². The van der Waals surface area contributed by atoms with Crippen molar-refractivity contribution >= 4 is 23.4 Å². The second-order valence-electron chi connectivity index (χ2n) is 6.77. The molecule has 3 rings (SSSR count). The fraction of sp³-hybridized carbons (Fsp3) is 0.286. The average molecular weight is 366 g/mol. The molecule has 1 saturated heterocycles. The highest BCUT2D eigenvalue weighted by Gasteiger charge is 2.36. The summed E-state index contributed by atoms with van der Waals surface area (Å²) in [6.45, 7) is 5.57. The number of imide groups is 1. The molecule has 0 radical (unpaired) electrons. The van der Waals surface area contributed by atoms with Crippen molar-refractivity contribution in [2.45, 2.75) is 39.7 Å². The van der Waals surface area contributed by atoms with Crippen LogP contribution in [-0.4, -0.2) is 28.7 Å². The van der Waals surface area contributed by atoms with Crippen LogP contribution in [0.2, 0.25) is 0 Å². The lowest BCUT2D eigenvalue weighted by Crippen LogP contribution is -2.44. The number of likely N-dealkylation sites (tertiary alicyclic amines) is 1. The highest BCUT2D eigenvalue weighted by molar-refractivity contribution is 6.07. The second-order valence-corrected chi connectivity index (χ2v) is 6.77. The zero-order chi connectivity index (χ0) is 19.6. The largest absolute Gasteiger partial charge is 0.457 e. The predicted octanol–water partition coefficient (Wildman–Crippen LogP) is 3.57. The van der Waals surface area contributed by atoms with Crippen molar-refractivity contribution < 1.29 is 19.1 Å². The molecule has 2 aromatic carbocycles. The molecule has 0 bridgehead atoms. The number of hydrogen-bond acceptors (Lipinski definition) is 4. The summed E-state index contributed by atoms with van der Waals surface area (Å²) in [5.41, 5.74) is 2.81. The van der Waals surface area contributed by atoms with Gasteiger partial charge in [-0.3, -0.25) is 19.3 Å². The molecule has 1 aliphatic heterocycles. The molecule has 27 heavy (non-hydrogen) atoms. The summed E-state index contributed by atoms with van der Waals surface area (Å²) in [5, 5.41) is 2.73. The van der Waals surface area contributed by atoms with Crippen LogP contribution in [0.25, 0.3) is 0 Å². The van der Waals surface area contributed by atoms with Gasteiger partial charge in [0, 0.05) is 18.5 Å². The van der Waals surface area contributed by atoms with E-state index < -0.39 is 11.9 Å². The van der Waals surface area contributed by atoms with Crippen molar-refractivity contribution in [1.82, 2.24) is 4.90 Å². The number of carbonyl (C=O) groups excluding carboxylic acids is 3. The van der Waals surface area contributed by atoms with E-state index >= 15 is 0 Å². The quantitative estimate of drug-likeness (QED) is 0.821. The molecule has 6 nitrogen and oxygen atoms in total. The number of anilines is 1. The highest BCUT2D eigenvalue weighted by Crippen LogP contribution is 2.25. The van der Waals surface area contributed by atoms with Gasteiger partial charge in [0.2, 0.25) is 17.7 Å². The number of nitrogens with one attached hydrogen (secondary N) is 1. The molecule has 0 unspecified atom stereocenters. The van der Waals surface area contributed by atoms with E-state index in [-0.39, 0.29) is 24.7 Å². The highest BCUT2D eigenvalue weighted by atomic mass is 16.5. The Balaban J connectivity index is 1.64. The van der Waals surface area contributed by atoms with Crippen LogP contribution in [0.15, 0.2) is 42.5 Å². The molecule has 6 heteroatoms. The Bertz CT molecular complexity index is 853. The van der Waals surface area contributed by atoms with Crippen LogP contribution >= 0.6 is 0 Å². The molecule has 0 saturated carbocycles. The van der Waals surface area contributed by atoms with Gasteiger partial charge in [0.15, 0.2) is 0 Å². The Morgan fingerprint density at radius 3 is 2.07 bits per heavy atom. The Kier molecular flexibility index (Phi) is 5.26. The van der Waals surface area contributed by atoms with E-state index in [1.165, 1.54) is 0 Å². The van der Waals surface area contributed by atoms with E-state index in [2.05, 4.69) is 11.4 Å². The fourth-order valence-corrected chi connectivity index (χ4v) is 3.12. The Morgan fingerprint density at radius 1 is 0.963 bits per heavy atom. The topological polar surface area (TPSA) is 75.7 Å². The molecule has 0 aromatic heterocycles. The fourth-order valence-electron chi connectivity index (χ4n) is 3.12. The third kappa shape index (κ3) is 4.34. The second kappa shape index (κ2) is 7.61. The van der Waals surface area contributed by atoms with Gasteiger partial charge in [-0.25, -0.2) is 0 Å². The lowest BCUT2D eigenvalue weighted by Gasteiger charge is -2.21. The van der Waals surface area contributed by atoms with Gasteiger partial charge in [0.25, 0.3) is 0 Å². The molecular weight excluding hydrogens is 344 g/mol. The SMILES string of the molecule is Cc1cc(C)cc(Oc2ccc(NC(=O)[C@H](C)N3C(=O)CCC3=O)cc2)c1. The molecule has 1 fully saturated rings. The van der Waals surface area contributed by atoms with Crippen LogP contribution in [0.4, 0.5) is 5.69 Å². The zero-order valence-electron chi connectivity index (χ0n) is 15.6. The lowest BCUT2D eigenvalue weighted by atomic mass is 10.1. The monoisotopic (exact) mass is 366 g/mol. The van der Waals surface area contributed by atoms with Crippen LogP contribution in [0.5, 0.6) is 11.5 Å². The molecule has 1 atom stereocenters. The van der Waals surface area contributed by atoms with E-state index in [0.29, 0.717) is 11.4 Å². The number of benzene rings is 2.